The highest BCUT2D eigenvalue weighted by Crippen LogP contribution is 2.23. The number of piperazine rings is 1. The molecule has 9 heteroatoms. The molecule has 1 N–H and O–H groups in total. The summed E-state index contributed by atoms with van der Waals surface area (Å²) in [4.78, 5) is 32.2. The molecule has 0 unspecified atom stereocenters. The summed E-state index contributed by atoms with van der Waals surface area (Å²) >= 11 is 0. The Bertz CT molecular complexity index is 1170. The second-order valence-corrected chi connectivity index (χ2v) is 8.77. The first-order chi connectivity index (χ1) is 16.7. The average molecular weight is 460 g/mol. The molecule has 0 aliphatic carbocycles. The molecule has 2 saturated heterocycles. The van der Waals surface area contributed by atoms with Crippen molar-refractivity contribution in [2.24, 2.45) is 0 Å². The molecule has 1 aromatic carbocycles. The van der Waals surface area contributed by atoms with Crippen molar-refractivity contribution in [2.75, 3.05) is 59.0 Å². The van der Waals surface area contributed by atoms with Gasteiger partial charge in [-0.25, -0.2) is 9.97 Å². The largest absolute Gasteiger partial charge is 0.379 e. The molecule has 9 nitrogen and oxygen atoms in total. The van der Waals surface area contributed by atoms with Gasteiger partial charge in [-0.15, -0.1) is 0 Å². The number of nitrogens with one attached hydrogen (secondary N) is 1. The van der Waals surface area contributed by atoms with Gasteiger partial charge < -0.3 is 14.6 Å². The first-order valence-electron chi connectivity index (χ1n) is 11.8. The van der Waals surface area contributed by atoms with Crippen molar-refractivity contribution >= 4 is 17.1 Å². The molecule has 2 fully saturated rings. The van der Waals surface area contributed by atoms with Crippen LogP contribution in [0.3, 0.4) is 0 Å². The summed E-state index contributed by atoms with van der Waals surface area (Å²) in [5.41, 5.74) is 4.04. The van der Waals surface area contributed by atoms with Crippen LogP contribution in [0.25, 0.3) is 22.6 Å². The number of aromatic nitrogens is 3. The maximum Gasteiger partial charge on any atom is 0.256 e. The van der Waals surface area contributed by atoms with Gasteiger partial charge in [-0.05, 0) is 11.6 Å². The van der Waals surface area contributed by atoms with E-state index in [1.54, 1.807) is 12.3 Å². The fourth-order valence-corrected chi connectivity index (χ4v) is 4.56. The van der Waals surface area contributed by atoms with Crippen LogP contribution in [-0.4, -0.2) is 94.6 Å². The minimum Gasteiger partial charge on any atom is -0.379 e. The number of nitrogens with zero attached hydrogens (tertiary/aromatic N) is 6. The topological polar surface area (TPSA) is 101 Å². The molecule has 1 amide bonds. The molecule has 176 valence electrons. The van der Waals surface area contributed by atoms with Crippen molar-refractivity contribution in [2.45, 2.75) is 13.0 Å². The Kier molecular flexibility index (Phi) is 6.81. The third-order valence-corrected chi connectivity index (χ3v) is 6.56. The molecule has 0 saturated carbocycles. The number of benzene rings is 1. The molecule has 0 spiro atoms. The Hall–Kier alpha value is -3.32. The maximum absolute atomic E-state index is 13.3. The highest BCUT2D eigenvalue weighted by atomic mass is 16.5. The molecule has 0 atom stereocenters. The van der Waals surface area contributed by atoms with Crippen LogP contribution in [-0.2, 0) is 11.3 Å². The van der Waals surface area contributed by atoms with Crippen LogP contribution in [0.15, 0.2) is 36.5 Å². The van der Waals surface area contributed by atoms with Gasteiger partial charge in [0.2, 0.25) is 0 Å². The Morgan fingerprint density at radius 1 is 1.03 bits per heavy atom. The second-order valence-electron chi connectivity index (χ2n) is 8.77. The quantitative estimate of drug-likeness (QED) is 0.603. The zero-order valence-electron chi connectivity index (χ0n) is 19.2. The lowest BCUT2D eigenvalue weighted by atomic mass is 10.1. The van der Waals surface area contributed by atoms with Gasteiger partial charge in [-0.1, -0.05) is 24.3 Å². The van der Waals surface area contributed by atoms with E-state index in [1.165, 1.54) is 5.56 Å². The Balaban J connectivity index is 1.30. The van der Waals surface area contributed by atoms with E-state index in [0.29, 0.717) is 42.1 Å². The summed E-state index contributed by atoms with van der Waals surface area (Å²) in [5.74, 6) is 0.699. The number of H-pyrrole nitrogens is 1. The lowest BCUT2D eigenvalue weighted by molar-refractivity contribution is 0.0342. The van der Waals surface area contributed by atoms with Gasteiger partial charge in [0.25, 0.3) is 5.91 Å². The van der Waals surface area contributed by atoms with Crippen LogP contribution in [0.1, 0.15) is 22.3 Å². The monoisotopic (exact) mass is 459 g/mol. The van der Waals surface area contributed by atoms with Crippen molar-refractivity contribution in [3.05, 3.63) is 47.7 Å². The standard InChI is InChI=1S/C25H29N7O2/c26-7-1-9-30-10-12-32(13-11-30)25(33)21-6-8-27-24-22(21)28-23(29-24)20-4-2-19(3-5-20)18-31-14-16-34-17-15-31/h2-6,8H,1,9-18H2,(H,27,28,29). The molecule has 4 heterocycles. The summed E-state index contributed by atoms with van der Waals surface area (Å²) in [6, 6.07) is 12.3. The van der Waals surface area contributed by atoms with E-state index in [2.05, 4.69) is 55.1 Å². The van der Waals surface area contributed by atoms with Crippen LogP contribution >= 0.6 is 0 Å². The number of nitriles is 1. The van der Waals surface area contributed by atoms with Crippen molar-refractivity contribution in [3.8, 4) is 17.5 Å². The number of fused-ring (bicyclic) bond motifs is 1. The molecular formula is C25H29N7O2. The summed E-state index contributed by atoms with van der Waals surface area (Å²) < 4.78 is 5.43. The van der Waals surface area contributed by atoms with Crippen LogP contribution in [0.4, 0.5) is 0 Å². The molecule has 34 heavy (non-hydrogen) atoms. The molecule has 5 rings (SSSR count). The number of carbonyl (C=O) groups is 1. The van der Waals surface area contributed by atoms with Crippen LogP contribution < -0.4 is 0 Å². The molecule has 0 bridgehead atoms. The average Bonchev–Trinajstić information content (AvgIpc) is 3.33. The lowest BCUT2D eigenvalue weighted by Gasteiger charge is -2.34. The summed E-state index contributed by atoms with van der Waals surface area (Å²) in [7, 11) is 0. The highest BCUT2D eigenvalue weighted by molar-refractivity contribution is 6.04. The number of morpholine rings is 1. The number of hydrogen-bond acceptors (Lipinski definition) is 7. The third kappa shape index (κ3) is 4.94. The van der Waals surface area contributed by atoms with E-state index in [9.17, 15) is 4.79 Å². The van der Waals surface area contributed by atoms with Gasteiger partial charge in [0.05, 0.1) is 30.4 Å². The summed E-state index contributed by atoms with van der Waals surface area (Å²) in [5, 5.41) is 8.79. The summed E-state index contributed by atoms with van der Waals surface area (Å²) in [6.07, 6.45) is 2.17. The van der Waals surface area contributed by atoms with Crippen molar-refractivity contribution in [1.29, 1.82) is 5.26 Å². The van der Waals surface area contributed by atoms with Gasteiger partial charge in [-0.3, -0.25) is 14.6 Å². The number of rotatable bonds is 6. The van der Waals surface area contributed by atoms with Crippen LogP contribution in [0, 0.1) is 11.3 Å². The van der Waals surface area contributed by atoms with Crippen molar-refractivity contribution < 1.29 is 9.53 Å². The summed E-state index contributed by atoms with van der Waals surface area (Å²) in [6.45, 7) is 8.05. The van der Waals surface area contributed by atoms with Crippen molar-refractivity contribution in [1.82, 2.24) is 29.7 Å². The maximum atomic E-state index is 13.3. The van der Waals surface area contributed by atoms with E-state index in [-0.39, 0.29) is 5.91 Å². The predicted octanol–water partition coefficient (Wildman–Crippen LogP) is 2.13. The fraction of sp³-hybridized carbons (Fsp3) is 0.440. The Labute approximate surface area is 198 Å². The highest BCUT2D eigenvalue weighted by Gasteiger charge is 2.24. The first-order valence-corrected chi connectivity index (χ1v) is 11.8. The zero-order valence-corrected chi connectivity index (χ0v) is 19.2. The smallest absolute Gasteiger partial charge is 0.256 e. The van der Waals surface area contributed by atoms with E-state index in [0.717, 1.165) is 58.0 Å². The normalized spacial score (nSPS) is 17.7. The third-order valence-electron chi connectivity index (χ3n) is 6.56. The number of hydrogen-bond donors (Lipinski definition) is 1. The number of pyridine rings is 1. The molecular weight excluding hydrogens is 430 g/mol. The van der Waals surface area contributed by atoms with Gasteiger partial charge in [0.15, 0.2) is 5.65 Å². The Morgan fingerprint density at radius 2 is 1.79 bits per heavy atom. The SMILES string of the molecule is N#CCCN1CCN(C(=O)c2ccnc3nc(-c4ccc(CN5CCOCC5)cc4)[nH]c23)CC1. The molecule has 2 aromatic heterocycles. The number of carbonyl (C=O) groups excluding carboxylic acids is 1. The molecule has 2 aliphatic heterocycles. The number of amides is 1. The first kappa shape index (κ1) is 22.5. The number of ether oxygens (including phenoxy) is 1. The predicted molar refractivity (Wildman–Crippen MR) is 128 cm³/mol. The molecule has 3 aromatic rings. The van der Waals surface area contributed by atoms with E-state index in [1.807, 2.05) is 4.90 Å². The minimum absolute atomic E-state index is 0.0107. The van der Waals surface area contributed by atoms with E-state index in [4.69, 9.17) is 10.00 Å². The van der Waals surface area contributed by atoms with Crippen LogP contribution in [0.5, 0.6) is 0 Å². The number of imidazole rings is 1. The minimum atomic E-state index is -0.0107. The van der Waals surface area contributed by atoms with Gasteiger partial charge >= 0.3 is 0 Å². The second kappa shape index (κ2) is 10.3. The van der Waals surface area contributed by atoms with Crippen molar-refractivity contribution in [3.63, 3.8) is 0 Å². The van der Waals surface area contributed by atoms with Gasteiger partial charge in [0, 0.05) is 70.5 Å². The number of aromatic amines is 1. The van der Waals surface area contributed by atoms with Crippen LogP contribution in [0.2, 0.25) is 0 Å². The van der Waals surface area contributed by atoms with Gasteiger partial charge in [-0.2, -0.15) is 5.26 Å². The van der Waals surface area contributed by atoms with Gasteiger partial charge in [0.1, 0.15) is 5.82 Å². The Morgan fingerprint density at radius 3 is 2.53 bits per heavy atom. The van der Waals surface area contributed by atoms with E-state index >= 15 is 0 Å². The molecule has 0 radical (unpaired) electrons. The van der Waals surface area contributed by atoms with E-state index < -0.39 is 0 Å². The molecule has 2 aliphatic rings. The lowest BCUT2D eigenvalue weighted by Crippen LogP contribution is -2.48. The zero-order chi connectivity index (χ0) is 23.3. The fourth-order valence-electron chi connectivity index (χ4n) is 4.56.